The number of amides is 1. The van der Waals surface area contributed by atoms with E-state index in [2.05, 4.69) is 4.99 Å². The first-order valence-corrected chi connectivity index (χ1v) is 7.02. The molecule has 0 aliphatic rings. The highest BCUT2D eigenvalue weighted by molar-refractivity contribution is 6.32. The van der Waals surface area contributed by atoms with Crippen LogP contribution < -0.4 is 5.73 Å². The third-order valence-electron chi connectivity index (χ3n) is 2.82. The van der Waals surface area contributed by atoms with E-state index in [1.165, 1.54) is 6.21 Å². The number of aliphatic imine (C=N–C) groups is 1. The summed E-state index contributed by atoms with van der Waals surface area (Å²) in [4.78, 5) is 15.6. The number of aliphatic hydroxyl groups is 1. The molecule has 2 rings (SSSR count). The first-order chi connectivity index (χ1) is 10.5. The summed E-state index contributed by atoms with van der Waals surface area (Å²) in [5, 5.41) is 11.1. The van der Waals surface area contributed by atoms with Gasteiger partial charge in [0.25, 0.3) is 5.91 Å². The van der Waals surface area contributed by atoms with Gasteiger partial charge in [-0.25, -0.2) is 0 Å². The maximum atomic E-state index is 11.5. The number of carbonyl (C=O) groups is 1. The average Bonchev–Trinajstić information content (AvgIpc) is 2.49. The second kappa shape index (κ2) is 7.11. The minimum absolute atomic E-state index is 0.136. The number of halogens is 2. The summed E-state index contributed by atoms with van der Waals surface area (Å²) in [5.74, 6) is -1.13. The van der Waals surface area contributed by atoms with Crippen molar-refractivity contribution in [1.82, 2.24) is 0 Å². The van der Waals surface area contributed by atoms with Crippen molar-refractivity contribution in [3.63, 3.8) is 0 Å². The van der Waals surface area contributed by atoms with Gasteiger partial charge in [0.15, 0.2) is 0 Å². The van der Waals surface area contributed by atoms with Crippen LogP contribution in [0, 0.1) is 0 Å². The molecule has 0 spiro atoms. The normalized spacial score (nSPS) is 12.3. The van der Waals surface area contributed by atoms with Crippen molar-refractivity contribution in [3.05, 3.63) is 69.7 Å². The van der Waals surface area contributed by atoms with Crippen molar-refractivity contribution in [2.24, 2.45) is 10.7 Å². The van der Waals surface area contributed by atoms with Gasteiger partial charge in [0.2, 0.25) is 0 Å². The summed E-state index contributed by atoms with van der Waals surface area (Å²) < 4.78 is 0. The standard InChI is InChI=1S/C16H12Cl2N2O2/c17-10-5-7-11(8-6-10)20-9-13(16(19)22)15(21)12-3-1-2-4-14(12)18/h1-9,21H,(H2,19,22)/b15-13-,20-9?. The summed E-state index contributed by atoms with van der Waals surface area (Å²) in [7, 11) is 0. The van der Waals surface area contributed by atoms with E-state index in [0.29, 0.717) is 21.3 Å². The molecule has 0 saturated carbocycles. The van der Waals surface area contributed by atoms with Crippen molar-refractivity contribution < 1.29 is 9.90 Å². The zero-order chi connectivity index (χ0) is 16.1. The number of carbonyl (C=O) groups excluding carboxylic acids is 1. The Morgan fingerprint density at radius 3 is 2.32 bits per heavy atom. The van der Waals surface area contributed by atoms with Gasteiger partial charge in [-0.15, -0.1) is 0 Å². The number of rotatable bonds is 4. The number of primary amides is 1. The molecule has 2 aromatic carbocycles. The van der Waals surface area contributed by atoms with E-state index in [9.17, 15) is 9.90 Å². The van der Waals surface area contributed by atoms with Crippen molar-refractivity contribution in [3.8, 4) is 0 Å². The molecule has 3 N–H and O–H groups in total. The van der Waals surface area contributed by atoms with Gasteiger partial charge in [-0.05, 0) is 36.4 Å². The van der Waals surface area contributed by atoms with Crippen LogP contribution in [0.5, 0.6) is 0 Å². The van der Waals surface area contributed by atoms with Crippen LogP contribution in [0.4, 0.5) is 5.69 Å². The Bertz CT molecular complexity index is 753. The summed E-state index contributed by atoms with van der Waals surface area (Å²) >= 11 is 11.8. The maximum absolute atomic E-state index is 11.5. The van der Waals surface area contributed by atoms with Crippen molar-refractivity contribution in [2.45, 2.75) is 0 Å². The Balaban J connectivity index is 2.42. The molecule has 0 saturated heterocycles. The minimum Gasteiger partial charge on any atom is -0.506 e. The van der Waals surface area contributed by atoms with Gasteiger partial charge in [-0.3, -0.25) is 9.79 Å². The van der Waals surface area contributed by atoms with E-state index in [-0.39, 0.29) is 11.3 Å². The summed E-state index contributed by atoms with van der Waals surface area (Å²) in [6.45, 7) is 0. The molecule has 0 atom stereocenters. The Morgan fingerprint density at radius 1 is 1.09 bits per heavy atom. The van der Waals surface area contributed by atoms with Crippen LogP contribution in [-0.4, -0.2) is 17.2 Å². The smallest absolute Gasteiger partial charge is 0.254 e. The van der Waals surface area contributed by atoms with E-state index in [1.807, 2.05) is 0 Å². The molecule has 4 nitrogen and oxygen atoms in total. The summed E-state index contributed by atoms with van der Waals surface area (Å²) in [6.07, 6.45) is 1.20. The van der Waals surface area contributed by atoms with Crippen molar-refractivity contribution >= 4 is 46.8 Å². The second-order valence-corrected chi connectivity index (χ2v) is 5.18. The summed E-state index contributed by atoms with van der Waals surface area (Å²) in [5.41, 5.74) is 6.04. The van der Waals surface area contributed by atoms with Gasteiger partial charge in [-0.1, -0.05) is 35.3 Å². The van der Waals surface area contributed by atoms with Gasteiger partial charge in [0.1, 0.15) is 5.76 Å². The Hall–Kier alpha value is -2.30. The van der Waals surface area contributed by atoms with Crippen molar-refractivity contribution in [2.75, 3.05) is 0 Å². The molecule has 0 radical (unpaired) electrons. The molecule has 0 unspecified atom stereocenters. The highest BCUT2D eigenvalue weighted by Crippen LogP contribution is 2.24. The molecule has 0 aliphatic heterocycles. The lowest BCUT2D eigenvalue weighted by Crippen LogP contribution is -2.16. The maximum Gasteiger partial charge on any atom is 0.254 e. The Morgan fingerprint density at radius 2 is 1.73 bits per heavy atom. The van der Waals surface area contributed by atoms with E-state index in [1.54, 1.807) is 48.5 Å². The highest BCUT2D eigenvalue weighted by Gasteiger charge is 2.14. The van der Waals surface area contributed by atoms with Gasteiger partial charge in [0.05, 0.1) is 16.3 Å². The molecule has 112 valence electrons. The van der Waals surface area contributed by atoms with Crippen LogP contribution in [0.25, 0.3) is 5.76 Å². The minimum atomic E-state index is -0.810. The van der Waals surface area contributed by atoms with Gasteiger partial charge in [-0.2, -0.15) is 0 Å². The van der Waals surface area contributed by atoms with Crippen LogP contribution in [0.1, 0.15) is 5.56 Å². The van der Waals surface area contributed by atoms with Crippen LogP contribution in [0.15, 0.2) is 59.1 Å². The fraction of sp³-hybridized carbons (Fsp3) is 0. The first kappa shape index (κ1) is 16.1. The van der Waals surface area contributed by atoms with E-state index < -0.39 is 5.91 Å². The Labute approximate surface area is 137 Å². The molecule has 2 aromatic rings. The van der Waals surface area contributed by atoms with Crippen LogP contribution in [0.3, 0.4) is 0 Å². The fourth-order valence-electron chi connectivity index (χ4n) is 1.71. The average molecular weight is 335 g/mol. The molecular weight excluding hydrogens is 323 g/mol. The number of aliphatic hydroxyl groups excluding tert-OH is 1. The molecule has 0 bridgehead atoms. The van der Waals surface area contributed by atoms with Gasteiger partial charge >= 0.3 is 0 Å². The number of hydrogen-bond donors (Lipinski definition) is 2. The SMILES string of the molecule is NC(=O)/C(C=Nc1ccc(Cl)cc1)=C(\O)c1ccccc1Cl. The number of nitrogens with two attached hydrogens (primary N) is 1. The lowest BCUT2D eigenvalue weighted by atomic mass is 10.1. The zero-order valence-electron chi connectivity index (χ0n) is 11.3. The van der Waals surface area contributed by atoms with Crippen molar-refractivity contribution in [1.29, 1.82) is 0 Å². The van der Waals surface area contributed by atoms with Gasteiger partial charge < -0.3 is 10.8 Å². The predicted molar refractivity (Wildman–Crippen MR) is 89.8 cm³/mol. The third-order valence-corrected chi connectivity index (χ3v) is 3.40. The van der Waals surface area contributed by atoms with Crippen LogP contribution >= 0.6 is 23.2 Å². The highest BCUT2D eigenvalue weighted by atomic mass is 35.5. The zero-order valence-corrected chi connectivity index (χ0v) is 12.8. The third kappa shape index (κ3) is 3.87. The molecule has 0 fully saturated rings. The fourth-order valence-corrected chi connectivity index (χ4v) is 2.06. The largest absolute Gasteiger partial charge is 0.506 e. The molecule has 1 amide bonds. The topological polar surface area (TPSA) is 75.7 Å². The van der Waals surface area contributed by atoms with E-state index >= 15 is 0 Å². The number of benzene rings is 2. The van der Waals surface area contributed by atoms with E-state index in [4.69, 9.17) is 28.9 Å². The Kier molecular flexibility index (Phi) is 5.20. The molecular formula is C16H12Cl2N2O2. The number of nitrogens with zero attached hydrogens (tertiary/aromatic N) is 1. The molecule has 22 heavy (non-hydrogen) atoms. The lowest BCUT2D eigenvalue weighted by molar-refractivity contribution is -0.114. The van der Waals surface area contributed by atoms with Crippen LogP contribution in [0.2, 0.25) is 10.0 Å². The second-order valence-electron chi connectivity index (χ2n) is 4.34. The van der Waals surface area contributed by atoms with Crippen LogP contribution in [-0.2, 0) is 4.79 Å². The first-order valence-electron chi connectivity index (χ1n) is 6.26. The monoisotopic (exact) mass is 334 g/mol. The molecule has 0 heterocycles. The molecule has 6 heteroatoms. The van der Waals surface area contributed by atoms with E-state index in [0.717, 1.165) is 0 Å². The summed E-state index contributed by atoms with van der Waals surface area (Å²) in [6, 6.07) is 13.2. The predicted octanol–water partition coefficient (Wildman–Crippen LogP) is 4.15. The quantitative estimate of drug-likeness (QED) is 0.500. The number of hydrogen-bond acceptors (Lipinski definition) is 3. The van der Waals surface area contributed by atoms with Gasteiger partial charge in [0, 0.05) is 16.8 Å². The molecule has 0 aliphatic carbocycles. The molecule has 0 aromatic heterocycles. The lowest BCUT2D eigenvalue weighted by Gasteiger charge is -2.06.